The van der Waals surface area contributed by atoms with Gasteiger partial charge in [-0.1, -0.05) is 6.42 Å². The third-order valence-electron chi connectivity index (χ3n) is 8.60. The number of alkyl halides is 2. The van der Waals surface area contributed by atoms with Crippen molar-refractivity contribution in [1.29, 1.82) is 0 Å². The molecule has 37 heavy (non-hydrogen) atoms. The fourth-order valence-electron chi connectivity index (χ4n) is 6.61. The van der Waals surface area contributed by atoms with Crippen molar-refractivity contribution in [2.75, 3.05) is 23.4 Å². The molecular formula is C24H25F2N7O4. The number of aliphatic carboxylic acids is 1. The van der Waals surface area contributed by atoms with Crippen molar-refractivity contribution < 1.29 is 28.2 Å². The highest BCUT2D eigenvalue weighted by Crippen LogP contribution is 2.65. The molecule has 7 rings (SSSR count). The molecule has 4 atom stereocenters. The van der Waals surface area contributed by atoms with E-state index in [1.807, 2.05) is 6.07 Å². The van der Waals surface area contributed by atoms with E-state index >= 15 is 0 Å². The highest BCUT2D eigenvalue weighted by Gasteiger charge is 2.61. The Morgan fingerprint density at radius 3 is 2.78 bits per heavy atom. The summed E-state index contributed by atoms with van der Waals surface area (Å²) in [5.74, 6) is -1.60. The van der Waals surface area contributed by atoms with Gasteiger partial charge in [0.1, 0.15) is 11.4 Å². The SMILES string of the molecule is O=C(Nc1cn(C2C(C(=O)O)CC23CCC3)nc1C(F)F)c1cnn2ccc(N3CC4C[C@@H]3CO4)nc12. The van der Waals surface area contributed by atoms with E-state index < -0.39 is 36.0 Å². The number of carbonyl (C=O) groups is 2. The molecule has 5 heterocycles. The molecule has 11 nitrogen and oxygen atoms in total. The Morgan fingerprint density at radius 2 is 2.14 bits per heavy atom. The van der Waals surface area contributed by atoms with Gasteiger partial charge >= 0.3 is 5.97 Å². The molecule has 3 unspecified atom stereocenters. The largest absolute Gasteiger partial charge is 0.481 e. The minimum Gasteiger partial charge on any atom is -0.481 e. The minimum atomic E-state index is -2.95. The second-order valence-electron chi connectivity index (χ2n) is 10.6. The number of anilines is 2. The second kappa shape index (κ2) is 7.94. The number of carboxylic acid groups (broad SMARTS) is 1. The second-order valence-corrected chi connectivity index (χ2v) is 10.6. The van der Waals surface area contributed by atoms with Crippen LogP contribution < -0.4 is 10.2 Å². The molecule has 2 N–H and O–H groups in total. The van der Waals surface area contributed by atoms with Crippen LogP contribution in [0.3, 0.4) is 0 Å². The molecule has 2 bridgehead atoms. The van der Waals surface area contributed by atoms with Crippen LogP contribution in [0.15, 0.2) is 24.7 Å². The lowest BCUT2D eigenvalue weighted by Crippen LogP contribution is -2.55. The molecule has 2 saturated carbocycles. The van der Waals surface area contributed by atoms with Crippen molar-refractivity contribution in [3.63, 3.8) is 0 Å². The summed E-state index contributed by atoms with van der Waals surface area (Å²) in [5, 5.41) is 20.4. The van der Waals surface area contributed by atoms with Gasteiger partial charge < -0.3 is 20.1 Å². The van der Waals surface area contributed by atoms with Crippen LogP contribution in [0.1, 0.15) is 60.6 Å². The third kappa shape index (κ3) is 3.36. The predicted octanol–water partition coefficient (Wildman–Crippen LogP) is 2.91. The Bertz CT molecular complexity index is 1420. The number of ether oxygens (including phenoxy) is 1. The number of morpholine rings is 1. The summed E-state index contributed by atoms with van der Waals surface area (Å²) in [6.45, 7) is 1.36. The van der Waals surface area contributed by atoms with Crippen LogP contribution in [0, 0.1) is 11.3 Å². The van der Waals surface area contributed by atoms with Gasteiger partial charge in [0.2, 0.25) is 0 Å². The average Bonchev–Trinajstić information content (AvgIpc) is 3.60. The first-order valence-corrected chi connectivity index (χ1v) is 12.5. The molecule has 3 aromatic rings. The molecule has 3 aromatic heterocycles. The number of rotatable bonds is 6. The lowest BCUT2D eigenvalue weighted by molar-refractivity contribution is -0.167. The van der Waals surface area contributed by atoms with Crippen LogP contribution in [-0.2, 0) is 9.53 Å². The van der Waals surface area contributed by atoms with Gasteiger partial charge in [-0.3, -0.25) is 14.3 Å². The summed E-state index contributed by atoms with van der Waals surface area (Å²) in [7, 11) is 0. The lowest BCUT2D eigenvalue weighted by Gasteiger charge is -2.58. The number of carboxylic acids is 1. The van der Waals surface area contributed by atoms with Crippen molar-refractivity contribution in [3.8, 4) is 0 Å². The summed E-state index contributed by atoms with van der Waals surface area (Å²) in [6, 6.07) is 1.55. The van der Waals surface area contributed by atoms with Crippen LogP contribution in [0.2, 0.25) is 0 Å². The zero-order valence-electron chi connectivity index (χ0n) is 19.8. The number of hydrogen-bond donors (Lipinski definition) is 2. The standard InChI is InChI=1S/C24H25F2N7O4/c25-20(26)18-16(10-33(30-18)19-14(23(35)36)7-24(19)3-1-4-24)28-22(34)15-8-27-32-5-2-17(29-21(15)32)31-9-13-6-12(31)11-37-13/h2,5,8,10,12-14,19-20H,1,3-4,6-7,9,11H2,(H,28,34)(H,35,36)/t12-,13?,14?,19?/m1/s1. The van der Waals surface area contributed by atoms with Crippen molar-refractivity contribution in [2.24, 2.45) is 11.3 Å². The highest BCUT2D eigenvalue weighted by atomic mass is 19.3. The number of nitrogens with zero attached hydrogens (tertiary/aromatic N) is 6. The maximum atomic E-state index is 13.9. The summed E-state index contributed by atoms with van der Waals surface area (Å²) >= 11 is 0. The molecule has 2 saturated heterocycles. The first-order valence-electron chi connectivity index (χ1n) is 12.5. The van der Waals surface area contributed by atoms with Gasteiger partial charge in [0, 0.05) is 18.9 Å². The normalized spacial score (nSPS) is 27.6. The van der Waals surface area contributed by atoms with Gasteiger partial charge in [0.25, 0.3) is 12.3 Å². The monoisotopic (exact) mass is 513 g/mol. The number of nitrogens with one attached hydrogen (secondary N) is 1. The average molecular weight is 514 g/mol. The first kappa shape index (κ1) is 22.6. The smallest absolute Gasteiger partial charge is 0.308 e. The summed E-state index contributed by atoms with van der Waals surface area (Å²) < 4.78 is 36.3. The van der Waals surface area contributed by atoms with E-state index in [2.05, 4.69) is 25.4 Å². The highest BCUT2D eigenvalue weighted by molar-refractivity contribution is 6.08. The van der Waals surface area contributed by atoms with Gasteiger partial charge in [-0.05, 0) is 37.2 Å². The summed E-state index contributed by atoms with van der Waals surface area (Å²) in [5.41, 5.74) is -0.508. The van der Waals surface area contributed by atoms with E-state index in [4.69, 9.17) is 4.74 Å². The van der Waals surface area contributed by atoms with E-state index in [1.54, 1.807) is 6.20 Å². The number of hydrogen-bond acceptors (Lipinski definition) is 7. The molecule has 1 amide bonds. The minimum absolute atomic E-state index is 0.137. The van der Waals surface area contributed by atoms with Gasteiger partial charge in [-0.15, -0.1) is 0 Å². The van der Waals surface area contributed by atoms with Crippen molar-refractivity contribution in [1.82, 2.24) is 24.4 Å². The molecular weight excluding hydrogens is 488 g/mol. The van der Waals surface area contributed by atoms with Gasteiger partial charge in [-0.2, -0.15) is 10.2 Å². The Labute approximate surface area is 209 Å². The molecule has 0 radical (unpaired) electrons. The van der Waals surface area contributed by atoms with Crippen molar-refractivity contribution in [3.05, 3.63) is 35.9 Å². The van der Waals surface area contributed by atoms with Crippen LogP contribution in [0.4, 0.5) is 20.3 Å². The van der Waals surface area contributed by atoms with Gasteiger partial charge in [-0.25, -0.2) is 18.3 Å². The van der Waals surface area contributed by atoms with Crippen LogP contribution in [0.5, 0.6) is 0 Å². The summed E-state index contributed by atoms with van der Waals surface area (Å²) in [4.78, 5) is 31.8. The number of fused-ring (bicyclic) bond motifs is 3. The lowest BCUT2D eigenvalue weighted by atomic mass is 9.48. The molecule has 194 valence electrons. The maximum absolute atomic E-state index is 13.9. The van der Waals surface area contributed by atoms with E-state index in [1.165, 1.54) is 21.6 Å². The Hall–Kier alpha value is -3.61. The fourth-order valence-corrected chi connectivity index (χ4v) is 6.61. The van der Waals surface area contributed by atoms with Gasteiger partial charge in [0.15, 0.2) is 11.3 Å². The van der Waals surface area contributed by atoms with E-state index in [0.717, 1.165) is 32.2 Å². The molecule has 4 aliphatic rings. The number of aromatic nitrogens is 5. The van der Waals surface area contributed by atoms with Crippen molar-refractivity contribution in [2.45, 2.75) is 56.7 Å². The number of carbonyl (C=O) groups excluding carboxylic acids is 1. The van der Waals surface area contributed by atoms with Gasteiger partial charge in [0.05, 0.1) is 42.6 Å². The Balaban J connectivity index is 1.18. The number of halogens is 2. The number of amides is 1. The summed E-state index contributed by atoms with van der Waals surface area (Å²) in [6.07, 6.45) is 5.74. The molecule has 1 spiro atoms. The molecule has 2 aliphatic carbocycles. The third-order valence-corrected chi connectivity index (χ3v) is 8.60. The molecule has 4 fully saturated rings. The molecule has 13 heteroatoms. The fraction of sp³-hybridized carbons (Fsp3) is 0.542. The topological polar surface area (TPSA) is 127 Å². The van der Waals surface area contributed by atoms with Crippen molar-refractivity contribution >= 4 is 29.0 Å². The zero-order chi connectivity index (χ0) is 25.5. The van der Waals surface area contributed by atoms with Crippen LogP contribution in [-0.4, -0.2) is 66.7 Å². The van der Waals surface area contributed by atoms with E-state index in [9.17, 15) is 23.5 Å². The van der Waals surface area contributed by atoms with Crippen LogP contribution in [0.25, 0.3) is 5.65 Å². The zero-order valence-corrected chi connectivity index (χ0v) is 19.8. The van der Waals surface area contributed by atoms with Crippen LogP contribution >= 0.6 is 0 Å². The quantitative estimate of drug-likeness (QED) is 0.515. The maximum Gasteiger partial charge on any atom is 0.308 e. The predicted molar refractivity (Wildman–Crippen MR) is 125 cm³/mol. The molecule has 0 aromatic carbocycles. The first-order chi connectivity index (χ1) is 17.8. The van der Waals surface area contributed by atoms with E-state index in [0.29, 0.717) is 24.5 Å². The van der Waals surface area contributed by atoms with E-state index in [-0.39, 0.29) is 28.8 Å². The molecule has 2 aliphatic heterocycles. The Morgan fingerprint density at radius 1 is 1.30 bits per heavy atom. The Kier molecular flexibility index (Phi) is 4.85.